The number of hydrogen-bond donors (Lipinski definition) is 1. The molecule has 4 nitrogen and oxygen atoms in total. The van der Waals surface area contributed by atoms with Crippen LogP contribution in [0.5, 0.6) is 0 Å². The molecule has 1 amide bonds. The van der Waals surface area contributed by atoms with Crippen LogP contribution in [-0.4, -0.2) is 35.6 Å². The molecule has 1 aliphatic heterocycles. The molecule has 102 valence electrons. The summed E-state index contributed by atoms with van der Waals surface area (Å²) in [5.74, 6) is -0.0470. The number of rotatable bonds is 3. The van der Waals surface area contributed by atoms with E-state index in [2.05, 4.69) is 13.0 Å². The maximum atomic E-state index is 12.4. The van der Waals surface area contributed by atoms with Crippen LogP contribution in [0.2, 0.25) is 0 Å². The molecule has 5 heteroatoms. The number of nitrogens with zero attached hydrogens (tertiary/aromatic N) is 2. The first-order chi connectivity index (χ1) is 9.15. The quantitative estimate of drug-likeness (QED) is 0.922. The highest BCUT2D eigenvalue weighted by atomic mass is 32.1. The van der Waals surface area contributed by atoms with Gasteiger partial charge in [-0.15, -0.1) is 11.3 Å². The van der Waals surface area contributed by atoms with Gasteiger partial charge in [-0.1, -0.05) is 6.92 Å². The Balaban J connectivity index is 2.06. The van der Waals surface area contributed by atoms with Gasteiger partial charge in [0.1, 0.15) is 10.9 Å². The zero-order valence-corrected chi connectivity index (χ0v) is 11.9. The van der Waals surface area contributed by atoms with E-state index < -0.39 is 0 Å². The monoisotopic (exact) mass is 278 g/mol. The highest BCUT2D eigenvalue weighted by Crippen LogP contribution is 2.35. The van der Waals surface area contributed by atoms with Gasteiger partial charge >= 0.3 is 0 Å². The number of thiophene rings is 1. The standard InChI is InChI=1S/C14H18N2O2S/c1-2-14(10-17)4-6-16(7-5-14)13(18)12-11(9-15)3-8-19-12/h3,8,17H,2,4-7,10H2,1H3. The largest absolute Gasteiger partial charge is 0.396 e. The van der Waals surface area contributed by atoms with Crippen LogP contribution in [0.15, 0.2) is 11.4 Å². The first kappa shape index (κ1) is 14.0. The van der Waals surface area contributed by atoms with Gasteiger partial charge in [-0.3, -0.25) is 4.79 Å². The van der Waals surface area contributed by atoms with Crippen molar-refractivity contribution in [1.29, 1.82) is 5.26 Å². The number of nitriles is 1. The second-order valence-corrected chi connectivity index (χ2v) is 6.00. The topological polar surface area (TPSA) is 64.3 Å². The van der Waals surface area contributed by atoms with Gasteiger partial charge in [-0.2, -0.15) is 5.26 Å². The summed E-state index contributed by atoms with van der Waals surface area (Å²) >= 11 is 1.32. The van der Waals surface area contributed by atoms with Gasteiger partial charge in [0, 0.05) is 19.7 Å². The van der Waals surface area contributed by atoms with Crippen LogP contribution in [0, 0.1) is 16.7 Å². The third-order valence-corrected chi connectivity index (χ3v) is 5.08. The Kier molecular flexibility index (Phi) is 4.23. The van der Waals surface area contributed by atoms with E-state index in [4.69, 9.17) is 5.26 Å². The summed E-state index contributed by atoms with van der Waals surface area (Å²) in [5.41, 5.74) is 0.439. The third kappa shape index (κ3) is 2.65. The van der Waals surface area contributed by atoms with Crippen LogP contribution in [-0.2, 0) is 0 Å². The van der Waals surface area contributed by atoms with Gasteiger partial charge in [-0.25, -0.2) is 0 Å². The van der Waals surface area contributed by atoms with Crippen molar-refractivity contribution in [2.24, 2.45) is 5.41 Å². The SMILES string of the molecule is CCC1(CO)CCN(C(=O)c2sccc2C#N)CC1. The van der Waals surface area contributed by atoms with Gasteiger partial charge in [0.25, 0.3) is 5.91 Å². The molecule has 2 heterocycles. The molecule has 1 fully saturated rings. The highest BCUT2D eigenvalue weighted by molar-refractivity contribution is 7.12. The second kappa shape index (κ2) is 5.72. The van der Waals surface area contributed by atoms with E-state index in [1.807, 2.05) is 0 Å². The number of carbonyl (C=O) groups is 1. The number of amides is 1. The van der Waals surface area contributed by atoms with Crippen molar-refractivity contribution in [1.82, 2.24) is 4.90 Å². The number of likely N-dealkylation sites (tertiary alicyclic amines) is 1. The Hall–Kier alpha value is -1.38. The van der Waals surface area contributed by atoms with E-state index >= 15 is 0 Å². The molecular weight excluding hydrogens is 260 g/mol. The summed E-state index contributed by atoms with van der Waals surface area (Å²) in [6.45, 7) is 3.60. The molecule has 19 heavy (non-hydrogen) atoms. The van der Waals surface area contributed by atoms with E-state index in [1.54, 1.807) is 16.3 Å². The van der Waals surface area contributed by atoms with E-state index in [-0.39, 0.29) is 17.9 Å². The van der Waals surface area contributed by atoms with Crippen LogP contribution >= 0.6 is 11.3 Å². The van der Waals surface area contributed by atoms with E-state index in [9.17, 15) is 9.90 Å². The molecule has 0 aromatic carbocycles. The molecule has 1 N–H and O–H groups in total. The normalized spacial score (nSPS) is 18.1. The fourth-order valence-electron chi connectivity index (χ4n) is 2.51. The van der Waals surface area contributed by atoms with Gasteiger partial charge in [0.05, 0.1) is 5.56 Å². The van der Waals surface area contributed by atoms with E-state index in [0.717, 1.165) is 19.3 Å². The van der Waals surface area contributed by atoms with Crippen molar-refractivity contribution in [2.45, 2.75) is 26.2 Å². The minimum atomic E-state index is -0.0470. The summed E-state index contributed by atoms with van der Waals surface area (Å²) in [7, 11) is 0. The highest BCUT2D eigenvalue weighted by Gasteiger charge is 2.34. The number of carbonyl (C=O) groups excluding carboxylic acids is 1. The van der Waals surface area contributed by atoms with Crippen LogP contribution in [0.25, 0.3) is 0 Å². The Morgan fingerprint density at radius 2 is 2.26 bits per heavy atom. The first-order valence-electron chi connectivity index (χ1n) is 6.53. The summed E-state index contributed by atoms with van der Waals surface area (Å²) in [6, 6.07) is 3.74. The van der Waals surface area contributed by atoms with Crippen LogP contribution < -0.4 is 0 Å². The lowest BCUT2D eigenvalue weighted by Gasteiger charge is -2.40. The van der Waals surface area contributed by atoms with Gasteiger partial charge in [0.2, 0.25) is 0 Å². The molecule has 2 rings (SSSR count). The molecule has 1 saturated heterocycles. The Morgan fingerprint density at radius 3 is 2.79 bits per heavy atom. The number of aliphatic hydroxyl groups excluding tert-OH is 1. The molecule has 1 aromatic rings. The lowest BCUT2D eigenvalue weighted by Crippen LogP contribution is -2.44. The third-order valence-electron chi connectivity index (χ3n) is 4.18. The number of hydrogen-bond acceptors (Lipinski definition) is 4. The summed E-state index contributed by atoms with van der Waals surface area (Å²) in [4.78, 5) is 14.7. The first-order valence-corrected chi connectivity index (χ1v) is 7.41. The minimum absolute atomic E-state index is 0.0235. The fraction of sp³-hybridized carbons (Fsp3) is 0.571. The summed E-state index contributed by atoms with van der Waals surface area (Å²) in [5, 5.41) is 20.2. The molecule has 0 bridgehead atoms. The summed E-state index contributed by atoms with van der Waals surface area (Å²) in [6.07, 6.45) is 2.60. The predicted octanol–water partition coefficient (Wildman–Crippen LogP) is 2.24. The maximum Gasteiger partial charge on any atom is 0.265 e. The van der Waals surface area contributed by atoms with E-state index in [0.29, 0.717) is 23.5 Å². The van der Waals surface area contributed by atoms with Crippen LogP contribution in [0.1, 0.15) is 41.4 Å². The Morgan fingerprint density at radius 1 is 1.58 bits per heavy atom. The molecule has 0 radical (unpaired) electrons. The fourth-order valence-corrected chi connectivity index (χ4v) is 3.32. The molecule has 1 aliphatic rings. The number of piperidine rings is 1. The zero-order valence-electron chi connectivity index (χ0n) is 11.1. The van der Waals surface area contributed by atoms with Gasteiger partial charge < -0.3 is 10.0 Å². The maximum absolute atomic E-state index is 12.4. The molecule has 0 unspecified atom stereocenters. The molecule has 0 saturated carbocycles. The smallest absolute Gasteiger partial charge is 0.265 e. The average molecular weight is 278 g/mol. The molecule has 0 spiro atoms. The van der Waals surface area contributed by atoms with Crippen molar-refractivity contribution in [3.63, 3.8) is 0 Å². The molecule has 0 aliphatic carbocycles. The van der Waals surface area contributed by atoms with Crippen molar-refractivity contribution in [3.8, 4) is 6.07 Å². The molecule has 0 atom stereocenters. The lowest BCUT2D eigenvalue weighted by molar-refractivity contribution is 0.0341. The average Bonchev–Trinajstić information content (AvgIpc) is 2.95. The van der Waals surface area contributed by atoms with Crippen molar-refractivity contribution >= 4 is 17.2 Å². The van der Waals surface area contributed by atoms with Gasteiger partial charge in [0.15, 0.2) is 0 Å². The lowest BCUT2D eigenvalue weighted by atomic mass is 9.77. The molecular formula is C14H18N2O2S. The Bertz CT molecular complexity index is 490. The van der Waals surface area contributed by atoms with Gasteiger partial charge in [-0.05, 0) is 36.1 Å². The van der Waals surface area contributed by atoms with E-state index in [1.165, 1.54) is 11.3 Å². The second-order valence-electron chi connectivity index (χ2n) is 5.08. The van der Waals surface area contributed by atoms with Crippen LogP contribution in [0.3, 0.4) is 0 Å². The van der Waals surface area contributed by atoms with Crippen molar-refractivity contribution in [3.05, 3.63) is 21.9 Å². The number of aliphatic hydroxyl groups is 1. The van der Waals surface area contributed by atoms with Crippen molar-refractivity contribution in [2.75, 3.05) is 19.7 Å². The summed E-state index contributed by atoms with van der Waals surface area (Å²) < 4.78 is 0. The van der Waals surface area contributed by atoms with Crippen LogP contribution in [0.4, 0.5) is 0 Å². The minimum Gasteiger partial charge on any atom is -0.396 e. The van der Waals surface area contributed by atoms with Crippen molar-refractivity contribution < 1.29 is 9.90 Å². The molecule has 1 aromatic heterocycles. The predicted molar refractivity (Wildman–Crippen MR) is 74.0 cm³/mol. The Labute approximate surface area is 117 Å². The zero-order chi connectivity index (χ0) is 13.9.